The van der Waals surface area contributed by atoms with Crippen LogP contribution in [0.5, 0.6) is 0 Å². The molecule has 0 aromatic heterocycles. The molecule has 0 aliphatic carbocycles. The van der Waals surface area contributed by atoms with Crippen molar-refractivity contribution in [3.63, 3.8) is 0 Å². The molecule has 2 nitrogen and oxygen atoms in total. The van der Waals surface area contributed by atoms with E-state index in [9.17, 15) is 13.6 Å². The summed E-state index contributed by atoms with van der Waals surface area (Å²) in [5, 5.41) is 2.40. The zero-order valence-electron chi connectivity index (χ0n) is 10.1. The monoisotopic (exact) mass is 359 g/mol. The zero-order chi connectivity index (χ0) is 14.7. The van der Waals surface area contributed by atoms with Gasteiger partial charge in [0.05, 0.1) is 5.69 Å². The average molecular weight is 361 g/mol. The maximum atomic E-state index is 13.6. The Morgan fingerprint density at radius 3 is 2.65 bits per heavy atom. The Hall–Kier alpha value is -1.46. The molecular formula is C14H9BrClF2NO. The van der Waals surface area contributed by atoms with E-state index < -0.39 is 17.5 Å². The van der Waals surface area contributed by atoms with Crippen molar-refractivity contribution in [1.82, 2.24) is 0 Å². The van der Waals surface area contributed by atoms with Crippen molar-refractivity contribution < 1.29 is 13.6 Å². The molecule has 0 heterocycles. The maximum Gasteiger partial charge on any atom is 0.255 e. The van der Waals surface area contributed by atoms with Crippen LogP contribution in [0.3, 0.4) is 0 Å². The molecule has 20 heavy (non-hydrogen) atoms. The van der Waals surface area contributed by atoms with Crippen LogP contribution in [0.15, 0.2) is 40.9 Å². The van der Waals surface area contributed by atoms with Crippen molar-refractivity contribution >= 4 is 39.1 Å². The molecule has 104 valence electrons. The van der Waals surface area contributed by atoms with E-state index in [0.717, 1.165) is 11.6 Å². The summed E-state index contributed by atoms with van der Waals surface area (Å²) in [6, 6.07) is 8.43. The van der Waals surface area contributed by atoms with Gasteiger partial charge < -0.3 is 5.32 Å². The molecule has 0 bridgehead atoms. The van der Waals surface area contributed by atoms with Crippen LogP contribution in [-0.2, 0) is 5.88 Å². The quantitative estimate of drug-likeness (QED) is 0.789. The highest BCUT2D eigenvalue weighted by molar-refractivity contribution is 9.10. The number of anilines is 1. The first-order valence-electron chi connectivity index (χ1n) is 5.62. The predicted octanol–water partition coefficient (Wildman–Crippen LogP) is 4.72. The molecule has 0 radical (unpaired) electrons. The first-order chi connectivity index (χ1) is 9.51. The molecule has 2 aromatic carbocycles. The van der Waals surface area contributed by atoms with E-state index in [0.29, 0.717) is 11.6 Å². The normalized spacial score (nSPS) is 10.4. The van der Waals surface area contributed by atoms with Gasteiger partial charge in [-0.3, -0.25) is 4.79 Å². The molecule has 1 amide bonds. The van der Waals surface area contributed by atoms with Gasteiger partial charge in [-0.05, 0) is 39.7 Å². The first kappa shape index (κ1) is 14.9. The summed E-state index contributed by atoms with van der Waals surface area (Å²) < 4.78 is 26.7. The van der Waals surface area contributed by atoms with E-state index in [4.69, 9.17) is 11.6 Å². The van der Waals surface area contributed by atoms with Gasteiger partial charge in [0, 0.05) is 22.0 Å². The number of halogens is 4. The SMILES string of the molecule is O=C(Nc1c(F)cc(F)cc1Br)c1cccc(CCl)c1. The minimum absolute atomic E-state index is 0.104. The molecule has 1 N–H and O–H groups in total. The number of amides is 1. The third kappa shape index (κ3) is 3.35. The fourth-order valence-corrected chi connectivity index (χ4v) is 2.32. The van der Waals surface area contributed by atoms with Gasteiger partial charge in [-0.1, -0.05) is 12.1 Å². The lowest BCUT2D eigenvalue weighted by atomic mass is 10.1. The lowest BCUT2D eigenvalue weighted by Gasteiger charge is -2.09. The summed E-state index contributed by atoms with van der Waals surface area (Å²) in [5.41, 5.74) is 1.02. The summed E-state index contributed by atoms with van der Waals surface area (Å²) in [7, 11) is 0. The van der Waals surface area contributed by atoms with E-state index in [-0.39, 0.29) is 16.0 Å². The van der Waals surface area contributed by atoms with Crippen LogP contribution in [0.4, 0.5) is 14.5 Å². The summed E-state index contributed by atoms with van der Waals surface area (Å²) in [5.74, 6) is -1.80. The topological polar surface area (TPSA) is 29.1 Å². The molecule has 0 atom stereocenters. The van der Waals surface area contributed by atoms with Gasteiger partial charge in [-0.15, -0.1) is 11.6 Å². The van der Waals surface area contributed by atoms with Gasteiger partial charge in [0.25, 0.3) is 5.91 Å². The van der Waals surface area contributed by atoms with Crippen molar-refractivity contribution in [3.05, 3.63) is 63.6 Å². The molecule has 0 spiro atoms. The number of alkyl halides is 1. The number of hydrogen-bond donors (Lipinski definition) is 1. The number of carbonyl (C=O) groups excluding carboxylic acids is 1. The van der Waals surface area contributed by atoms with Crippen molar-refractivity contribution in [2.45, 2.75) is 5.88 Å². The van der Waals surface area contributed by atoms with E-state index >= 15 is 0 Å². The molecule has 0 unspecified atom stereocenters. The molecular weight excluding hydrogens is 352 g/mol. The lowest BCUT2D eigenvalue weighted by molar-refractivity contribution is 0.102. The smallest absolute Gasteiger partial charge is 0.255 e. The van der Waals surface area contributed by atoms with E-state index in [2.05, 4.69) is 21.2 Å². The largest absolute Gasteiger partial charge is 0.319 e. The Morgan fingerprint density at radius 2 is 2.00 bits per heavy atom. The Morgan fingerprint density at radius 1 is 1.25 bits per heavy atom. The van der Waals surface area contributed by atoms with Crippen LogP contribution < -0.4 is 5.32 Å². The van der Waals surface area contributed by atoms with Gasteiger partial charge in [-0.25, -0.2) is 8.78 Å². The second-order valence-corrected chi connectivity index (χ2v) is 5.15. The van der Waals surface area contributed by atoms with Gasteiger partial charge in [0.15, 0.2) is 5.82 Å². The molecule has 0 saturated carbocycles. The van der Waals surface area contributed by atoms with Crippen molar-refractivity contribution in [2.24, 2.45) is 0 Å². The number of hydrogen-bond acceptors (Lipinski definition) is 1. The highest BCUT2D eigenvalue weighted by Gasteiger charge is 2.14. The second kappa shape index (κ2) is 6.33. The minimum atomic E-state index is -0.848. The zero-order valence-corrected chi connectivity index (χ0v) is 12.4. The summed E-state index contributed by atoms with van der Waals surface area (Å²) in [4.78, 5) is 12.0. The number of benzene rings is 2. The third-order valence-electron chi connectivity index (χ3n) is 2.59. The van der Waals surface area contributed by atoms with Crippen LogP contribution in [0.1, 0.15) is 15.9 Å². The third-order valence-corrected chi connectivity index (χ3v) is 3.52. The number of rotatable bonds is 3. The maximum absolute atomic E-state index is 13.6. The highest BCUT2D eigenvalue weighted by Crippen LogP contribution is 2.27. The molecule has 0 aliphatic rings. The van der Waals surface area contributed by atoms with Crippen molar-refractivity contribution in [2.75, 3.05) is 5.32 Å². The fraction of sp³-hybridized carbons (Fsp3) is 0.0714. The van der Waals surface area contributed by atoms with Crippen LogP contribution in [0.25, 0.3) is 0 Å². The van der Waals surface area contributed by atoms with E-state index in [1.54, 1.807) is 24.3 Å². The molecule has 2 aromatic rings. The van der Waals surface area contributed by atoms with Crippen LogP contribution in [-0.4, -0.2) is 5.91 Å². The standard InChI is InChI=1S/C14H9BrClF2NO/c15-11-5-10(17)6-12(18)13(11)19-14(20)9-3-1-2-8(4-9)7-16/h1-6H,7H2,(H,19,20). The fourth-order valence-electron chi connectivity index (χ4n) is 1.64. The van der Waals surface area contributed by atoms with Gasteiger partial charge in [0.1, 0.15) is 5.82 Å². The summed E-state index contributed by atoms with van der Waals surface area (Å²) in [6.45, 7) is 0. The van der Waals surface area contributed by atoms with Gasteiger partial charge in [0.2, 0.25) is 0 Å². The lowest BCUT2D eigenvalue weighted by Crippen LogP contribution is -2.14. The highest BCUT2D eigenvalue weighted by atomic mass is 79.9. The Kier molecular flexibility index (Phi) is 4.73. The minimum Gasteiger partial charge on any atom is -0.319 e. The predicted molar refractivity (Wildman–Crippen MR) is 78.0 cm³/mol. The van der Waals surface area contributed by atoms with E-state index in [1.807, 2.05) is 0 Å². The van der Waals surface area contributed by atoms with Gasteiger partial charge >= 0.3 is 0 Å². The molecule has 2 rings (SSSR count). The summed E-state index contributed by atoms with van der Waals surface area (Å²) in [6.07, 6.45) is 0. The van der Waals surface area contributed by atoms with Crippen LogP contribution in [0, 0.1) is 11.6 Å². The van der Waals surface area contributed by atoms with Crippen LogP contribution >= 0.6 is 27.5 Å². The molecule has 0 saturated heterocycles. The second-order valence-electron chi connectivity index (χ2n) is 4.03. The van der Waals surface area contributed by atoms with Crippen LogP contribution in [0.2, 0.25) is 0 Å². The average Bonchev–Trinajstić information content (AvgIpc) is 2.42. The van der Waals surface area contributed by atoms with Gasteiger partial charge in [-0.2, -0.15) is 0 Å². The van der Waals surface area contributed by atoms with E-state index in [1.165, 1.54) is 0 Å². The molecule has 6 heteroatoms. The van der Waals surface area contributed by atoms with Crippen molar-refractivity contribution in [3.8, 4) is 0 Å². The molecule has 0 aliphatic heterocycles. The Bertz CT molecular complexity index is 640. The first-order valence-corrected chi connectivity index (χ1v) is 6.95. The summed E-state index contributed by atoms with van der Waals surface area (Å²) >= 11 is 8.70. The Labute approximate surface area is 127 Å². The Balaban J connectivity index is 2.28. The number of carbonyl (C=O) groups is 1. The molecule has 0 fully saturated rings. The number of nitrogens with one attached hydrogen (secondary N) is 1. The van der Waals surface area contributed by atoms with Crippen molar-refractivity contribution in [1.29, 1.82) is 0 Å².